The molecule has 1 rings (SSSR count). The average molecular weight is 223 g/mol. The quantitative estimate of drug-likeness (QED) is 0.781. The summed E-state index contributed by atoms with van der Waals surface area (Å²) in [5.41, 5.74) is -0.235. The van der Waals surface area contributed by atoms with Gasteiger partial charge in [-0.2, -0.15) is 0 Å². The lowest BCUT2D eigenvalue weighted by Crippen LogP contribution is -2.47. The highest BCUT2D eigenvalue weighted by atomic mass is 35.5. The maximum Gasteiger partial charge on any atom is 0.307 e. The maximum atomic E-state index is 10.7. The minimum absolute atomic E-state index is 0.179. The van der Waals surface area contributed by atoms with Crippen molar-refractivity contribution in [1.29, 1.82) is 0 Å². The van der Waals surface area contributed by atoms with Gasteiger partial charge in [0.1, 0.15) is 4.49 Å². The summed E-state index contributed by atoms with van der Waals surface area (Å²) in [4.78, 5) is 10.7. The molecular formula is C9H12Cl2O2. The van der Waals surface area contributed by atoms with E-state index in [2.05, 4.69) is 0 Å². The van der Waals surface area contributed by atoms with E-state index in [1.807, 2.05) is 13.8 Å². The smallest absolute Gasteiger partial charge is 0.307 e. The molecule has 1 saturated carbocycles. The van der Waals surface area contributed by atoms with Crippen molar-refractivity contribution >= 4 is 29.2 Å². The molecule has 0 spiro atoms. The molecule has 4 heteroatoms. The monoisotopic (exact) mass is 222 g/mol. The fourth-order valence-electron chi connectivity index (χ4n) is 1.81. The fraction of sp³-hybridized carbons (Fsp3) is 0.667. The Kier molecular flexibility index (Phi) is 2.93. The minimum Gasteiger partial charge on any atom is -0.481 e. The molecule has 1 aliphatic rings. The molecular weight excluding hydrogens is 211 g/mol. The Morgan fingerprint density at radius 2 is 2.08 bits per heavy atom. The first-order valence-corrected chi connectivity index (χ1v) is 4.87. The number of rotatable bonds is 2. The van der Waals surface area contributed by atoms with Crippen LogP contribution in [0.3, 0.4) is 0 Å². The van der Waals surface area contributed by atoms with Crippen LogP contribution in [0.15, 0.2) is 10.6 Å². The van der Waals surface area contributed by atoms with Gasteiger partial charge in [0, 0.05) is 0 Å². The van der Waals surface area contributed by atoms with Crippen molar-refractivity contribution in [3.05, 3.63) is 10.6 Å². The Morgan fingerprint density at radius 1 is 1.54 bits per heavy atom. The number of carbonyl (C=O) groups is 1. The molecule has 2 nitrogen and oxygen atoms in total. The van der Waals surface area contributed by atoms with Gasteiger partial charge in [0.15, 0.2) is 0 Å². The zero-order valence-corrected chi connectivity index (χ0v) is 9.06. The number of halogens is 2. The van der Waals surface area contributed by atoms with E-state index in [0.717, 1.165) is 0 Å². The van der Waals surface area contributed by atoms with Crippen molar-refractivity contribution < 1.29 is 9.90 Å². The van der Waals surface area contributed by atoms with E-state index in [-0.39, 0.29) is 21.7 Å². The maximum absolute atomic E-state index is 10.7. The number of allylic oxidation sites excluding steroid dienone is 1. The van der Waals surface area contributed by atoms with E-state index in [1.165, 1.54) is 0 Å². The molecule has 13 heavy (non-hydrogen) atoms. The van der Waals surface area contributed by atoms with E-state index in [9.17, 15) is 4.79 Å². The summed E-state index contributed by atoms with van der Waals surface area (Å²) >= 11 is 11.0. The first-order chi connectivity index (χ1) is 5.85. The van der Waals surface area contributed by atoms with Crippen LogP contribution in [0.25, 0.3) is 0 Å². The molecule has 1 aliphatic carbocycles. The molecule has 0 aromatic carbocycles. The minimum atomic E-state index is -0.736. The molecule has 0 aliphatic heterocycles. The molecule has 0 aromatic heterocycles. The molecule has 0 bridgehead atoms. The van der Waals surface area contributed by atoms with Crippen molar-refractivity contribution in [3.63, 3.8) is 0 Å². The Bertz CT molecular complexity index is 254. The molecule has 1 fully saturated rings. The largest absolute Gasteiger partial charge is 0.481 e. The SMILES string of the molecule is CC1(C)[C@H](C=C(Cl)Cl)C[C@@H]1C(=O)O. The third kappa shape index (κ3) is 2.00. The summed E-state index contributed by atoms with van der Waals surface area (Å²) in [6.45, 7) is 3.85. The van der Waals surface area contributed by atoms with Gasteiger partial charge in [-0.1, -0.05) is 43.1 Å². The summed E-state index contributed by atoms with van der Waals surface area (Å²) in [7, 11) is 0. The van der Waals surface area contributed by atoms with E-state index < -0.39 is 5.97 Å². The molecule has 0 radical (unpaired) electrons. The standard InChI is InChI=1S/C9H12Cl2O2/c1-9(2)5(4-7(10)11)3-6(9)8(12)13/h4-6H,3H2,1-2H3,(H,12,13)/t5-,6+/m0/s1. The zero-order chi connectivity index (χ0) is 10.2. The first-order valence-electron chi connectivity index (χ1n) is 4.11. The van der Waals surface area contributed by atoms with Crippen molar-refractivity contribution in [2.24, 2.45) is 17.3 Å². The Morgan fingerprint density at radius 3 is 2.38 bits per heavy atom. The van der Waals surface area contributed by atoms with Gasteiger partial charge in [0.25, 0.3) is 0 Å². The second kappa shape index (κ2) is 3.50. The van der Waals surface area contributed by atoms with Crippen LogP contribution in [0.1, 0.15) is 20.3 Å². The van der Waals surface area contributed by atoms with Crippen molar-refractivity contribution in [1.82, 2.24) is 0 Å². The van der Waals surface area contributed by atoms with Crippen molar-refractivity contribution in [2.45, 2.75) is 20.3 Å². The summed E-state index contributed by atoms with van der Waals surface area (Å²) in [6, 6.07) is 0. The van der Waals surface area contributed by atoms with Gasteiger partial charge >= 0.3 is 5.97 Å². The zero-order valence-electron chi connectivity index (χ0n) is 7.55. The van der Waals surface area contributed by atoms with Crippen LogP contribution < -0.4 is 0 Å². The Labute approximate surface area is 87.5 Å². The van der Waals surface area contributed by atoms with E-state index in [4.69, 9.17) is 28.3 Å². The predicted molar refractivity (Wildman–Crippen MR) is 52.8 cm³/mol. The third-order valence-electron chi connectivity index (χ3n) is 2.97. The van der Waals surface area contributed by atoms with Gasteiger partial charge in [-0.15, -0.1) is 0 Å². The molecule has 1 N–H and O–H groups in total. The third-order valence-corrected chi connectivity index (χ3v) is 3.22. The molecule has 0 unspecified atom stereocenters. The number of carboxylic acids is 1. The first kappa shape index (κ1) is 10.9. The van der Waals surface area contributed by atoms with Crippen LogP contribution in [-0.4, -0.2) is 11.1 Å². The van der Waals surface area contributed by atoms with Gasteiger partial charge in [0.2, 0.25) is 0 Å². The average Bonchev–Trinajstić information content (AvgIpc) is 1.96. The van der Waals surface area contributed by atoms with Gasteiger partial charge in [-0.25, -0.2) is 0 Å². The number of aliphatic carboxylic acids is 1. The summed E-state index contributed by atoms with van der Waals surface area (Å²) in [6.07, 6.45) is 2.35. The van der Waals surface area contributed by atoms with Crippen LogP contribution in [0, 0.1) is 17.3 Å². The summed E-state index contributed by atoms with van der Waals surface area (Å²) < 4.78 is 0.224. The molecule has 74 valence electrons. The number of hydrogen-bond acceptors (Lipinski definition) is 1. The van der Waals surface area contributed by atoms with Gasteiger partial charge in [-0.3, -0.25) is 4.79 Å². The van der Waals surface area contributed by atoms with E-state index in [1.54, 1.807) is 6.08 Å². The molecule has 0 aromatic rings. The lowest BCUT2D eigenvalue weighted by molar-refractivity contribution is -0.156. The highest BCUT2D eigenvalue weighted by molar-refractivity contribution is 6.55. The normalized spacial score (nSPS) is 30.5. The van der Waals surface area contributed by atoms with Gasteiger partial charge in [-0.05, 0) is 17.8 Å². The Balaban J connectivity index is 2.70. The number of carboxylic acid groups (broad SMARTS) is 1. The van der Waals surface area contributed by atoms with Crippen LogP contribution in [0.5, 0.6) is 0 Å². The van der Waals surface area contributed by atoms with Gasteiger partial charge in [0.05, 0.1) is 5.92 Å². The van der Waals surface area contributed by atoms with E-state index >= 15 is 0 Å². The van der Waals surface area contributed by atoms with Crippen LogP contribution in [-0.2, 0) is 4.79 Å². The summed E-state index contributed by atoms with van der Waals surface area (Å²) in [5, 5.41) is 8.83. The van der Waals surface area contributed by atoms with Crippen LogP contribution >= 0.6 is 23.2 Å². The Hall–Kier alpha value is -0.210. The van der Waals surface area contributed by atoms with Gasteiger partial charge < -0.3 is 5.11 Å². The molecule has 0 amide bonds. The predicted octanol–water partition coefficient (Wildman–Crippen LogP) is 3.05. The molecule has 2 atom stereocenters. The van der Waals surface area contributed by atoms with Crippen molar-refractivity contribution in [2.75, 3.05) is 0 Å². The fourth-order valence-corrected chi connectivity index (χ4v) is 2.12. The molecule has 0 heterocycles. The van der Waals surface area contributed by atoms with E-state index in [0.29, 0.717) is 6.42 Å². The summed E-state index contributed by atoms with van der Waals surface area (Å²) in [5.74, 6) is -0.833. The molecule has 0 saturated heterocycles. The highest BCUT2D eigenvalue weighted by Gasteiger charge is 2.50. The topological polar surface area (TPSA) is 37.3 Å². The second-order valence-corrected chi connectivity index (χ2v) is 5.02. The van der Waals surface area contributed by atoms with Crippen LogP contribution in [0.2, 0.25) is 0 Å². The van der Waals surface area contributed by atoms with Crippen molar-refractivity contribution in [3.8, 4) is 0 Å². The highest BCUT2D eigenvalue weighted by Crippen LogP contribution is 2.52. The second-order valence-electron chi connectivity index (χ2n) is 4.01. The number of hydrogen-bond donors (Lipinski definition) is 1. The van der Waals surface area contributed by atoms with Crippen LogP contribution in [0.4, 0.5) is 0 Å². The lowest BCUT2D eigenvalue weighted by atomic mass is 9.55. The lowest BCUT2D eigenvalue weighted by Gasteiger charge is -2.48.